The highest BCUT2D eigenvalue weighted by Crippen LogP contribution is 2.30. The first-order valence-corrected chi connectivity index (χ1v) is 6.20. The van der Waals surface area contributed by atoms with Crippen molar-refractivity contribution in [2.45, 2.75) is 19.9 Å². The number of likely N-dealkylation sites (N-methyl/N-ethyl adjacent to an activating group) is 1. The van der Waals surface area contributed by atoms with Gasteiger partial charge in [-0.3, -0.25) is 4.79 Å². The molecule has 0 unspecified atom stereocenters. The molecule has 1 rings (SSSR count). The molecule has 0 atom stereocenters. The summed E-state index contributed by atoms with van der Waals surface area (Å²) in [6, 6.07) is 5.71. The van der Waals surface area contributed by atoms with Gasteiger partial charge in [0.1, 0.15) is 0 Å². The maximum absolute atomic E-state index is 11.7. The normalized spacial score (nSPS) is 10.2. The van der Waals surface area contributed by atoms with Crippen LogP contribution in [0, 0.1) is 0 Å². The van der Waals surface area contributed by atoms with Gasteiger partial charge in [0.05, 0.1) is 20.8 Å². The van der Waals surface area contributed by atoms with Crippen LogP contribution in [-0.2, 0) is 4.79 Å². The van der Waals surface area contributed by atoms with Crippen molar-refractivity contribution in [1.29, 1.82) is 0 Å². The van der Waals surface area contributed by atoms with Gasteiger partial charge in [-0.05, 0) is 26.0 Å². The zero-order valence-electron chi connectivity index (χ0n) is 12.2. The standard InChI is InChI=1S/C14H22N2O3/c1-10(2)15-14(17)9-16(3)11-6-7-12(18-4)13(8-11)19-5/h6-8,10H,9H2,1-5H3,(H,15,17). The van der Waals surface area contributed by atoms with Crippen molar-refractivity contribution in [3.8, 4) is 11.5 Å². The highest BCUT2D eigenvalue weighted by Gasteiger charge is 2.11. The predicted molar refractivity (Wildman–Crippen MR) is 76.1 cm³/mol. The number of carbonyl (C=O) groups excluding carboxylic acids is 1. The number of nitrogens with zero attached hydrogens (tertiary/aromatic N) is 1. The largest absolute Gasteiger partial charge is 0.493 e. The molecule has 0 bridgehead atoms. The van der Waals surface area contributed by atoms with Crippen molar-refractivity contribution >= 4 is 11.6 Å². The number of amides is 1. The van der Waals surface area contributed by atoms with Gasteiger partial charge < -0.3 is 19.7 Å². The van der Waals surface area contributed by atoms with E-state index < -0.39 is 0 Å². The first-order valence-electron chi connectivity index (χ1n) is 6.20. The summed E-state index contributed by atoms with van der Waals surface area (Å²) in [6.45, 7) is 4.18. The van der Waals surface area contributed by atoms with Crippen LogP contribution < -0.4 is 19.7 Å². The Morgan fingerprint density at radius 3 is 2.42 bits per heavy atom. The van der Waals surface area contributed by atoms with E-state index in [9.17, 15) is 4.79 Å². The fraction of sp³-hybridized carbons (Fsp3) is 0.500. The van der Waals surface area contributed by atoms with Gasteiger partial charge in [0.25, 0.3) is 0 Å². The molecule has 19 heavy (non-hydrogen) atoms. The number of hydrogen-bond donors (Lipinski definition) is 1. The minimum Gasteiger partial charge on any atom is -0.493 e. The van der Waals surface area contributed by atoms with Gasteiger partial charge in [-0.2, -0.15) is 0 Å². The quantitative estimate of drug-likeness (QED) is 0.851. The number of benzene rings is 1. The summed E-state index contributed by atoms with van der Waals surface area (Å²) in [5.41, 5.74) is 0.900. The van der Waals surface area contributed by atoms with E-state index in [0.717, 1.165) is 5.69 Å². The minimum absolute atomic E-state index is 0.00714. The molecule has 0 heterocycles. The lowest BCUT2D eigenvalue weighted by atomic mass is 10.2. The fourth-order valence-electron chi connectivity index (χ4n) is 1.74. The van der Waals surface area contributed by atoms with Crippen LogP contribution in [0.2, 0.25) is 0 Å². The van der Waals surface area contributed by atoms with Crippen LogP contribution in [0.5, 0.6) is 11.5 Å². The number of carbonyl (C=O) groups is 1. The number of anilines is 1. The molecule has 0 saturated carbocycles. The van der Waals surface area contributed by atoms with E-state index in [1.165, 1.54) is 0 Å². The molecule has 1 aromatic carbocycles. The Kier molecular flexibility index (Phi) is 5.48. The zero-order chi connectivity index (χ0) is 14.4. The maximum atomic E-state index is 11.7. The highest BCUT2D eigenvalue weighted by molar-refractivity contribution is 5.81. The SMILES string of the molecule is COc1ccc(N(C)CC(=O)NC(C)C)cc1OC. The zero-order valence-corrected chi connectivity index (χ0v) is 12.2. The van der Waals surface area contributed by atoms with Crippen molar-refractivity contribution in [2.24, 2.45) is 0 Å². The monoisotopic (exact) mass is 266 g/mol. The third-order valence-corrected chi connectivity index (χ3v) is 2.64. The van der Waals surface area contributed by atoms with Gasteiger partial charge in [-0.25, -0.2) is 0 Å². The molecule has 1 aromatic rings. The first kappa shape index (κ1) is 15.1. The van der Waals surface area contributed by atoms with E-state index in [4.69, 9.17) is 9.47 Å². The molecular weight excluding hydrogens is 244 g/mol. The van der Waals surface area contributed by atoms with Gasteiger partial charge in [0.15, 0.2) is 11.5 Å². The third-order valence-electron chi connectivity index (χ3n) is 2.64. The highest BCUT2D eigenvalue weighted by atomic mass is 16.5. The van der Waals surface area contributed by atoms with Crippen molar-refractivity contribution in [2.75, 3.05) is 32.7 Å². The number of rotatable bonds is 6. The topological polar surface area (TPSA) is 50.8 Å². The number of hydrogen-bond acceptors (Lipinski definition) is 4. The molecule has 0 radical (unpaired) electrons. The summed E-state index contributed by atoms with van der Waals surface area (Å²) in [5, 5.41) is 2.86. The summed E-state index contributed by atoms with van der Waals surface area (Å²) >= 11 is 0. The molecule has 5 heteroatoms. The van der Waals surface area contributed by atoms with Crippen LogP contribution >= 0.6 is 0 Å². The van der Waals surface area contributed by atoms with Crippen molar-refractivity contribution in [1.82, 2.24) is 5.32 Å². The van der Waals surface area contributed by atoms with Crippen LogP contribution in [-0.4, -0.2) is 39.8 Å². The smallest absolute Gasteiger partial charge is 0.239 e. The summed E-state index contributed by atoms with van der Waals surface area (Å²) < 4.78 is 10.4. The van der Waals surface area contributed by atoms with Gasteiger partial charge in [-0.15, -0.1) is 0 Å². The number of ether oxygens (including phenoxy) is 2. The van der Waals surface area contributed by atoms with Gasteiger partial charge in [-0.1, -0.05) is 0 Å². The second kappa shape index (κ2) is 6.87. The number of methoxy groups -OCH3 is 2. The Bertz CT molecular complexity index is 433. The van der Waals surface area contributed by atoms with E-state index >= 15 is 0 Å². The summed E-state index contributed by atoms with van der Waals surface area (Å²) in [6.07, 6.45) is 0. The maximum Gasteiger partial charge on any atom is 0.239 e. The second-order valence-electron chi connectivity index (χ2n) is 4.62. The molecule has 106 valence electrons. The van der Waals surface area contributed by atoms with Crippen LogP contribution in [0.1, 0.15) is 13.8 Å². The molecular formula is C14H22N2O3. The summed E-state index contributed by atoms with van der Waals surface area (Å²) in [4.78, 5) is 13.6. The van der Waals surface area contributed by atoms with Crippen molar-refractivity contribution < 1.29 is 14.3 Å². The average Bonchev–Trinajstić information content (AvgIpc) is 2.36. The molecule has 0 aliphatic rings. The van der Waals surface area contributed by atoms with E-state index in [2.05, 4.69) is 5.32 Å². The number of nitrogens with one attached hydrogen (secondary N) is 1. The predicted octanol–water partition coefficient (Wildman–Crippen LogP) is 1.66. The first-order chi connectivity index (χ1) is 8.97. The lowest BCUT2D eigenvalue weighted by Gasteiger charge is -2.21. The fourth-order valence-corrected chi connectivity index (χ4v) is 1.74. The molecule has 0 aliphatic carbocycles. The van der Waals surface area contributed by atoms with E-state index in [1.807, 2.05) is 44.0 Å². The molecule has 5 nitrogen and oxygen atoms in total. The van der Waals surface area contributed by atoms with E-state index in [-0.39, 0.29) is 11.9 Å². The third kappa shape index (κ3) is 4.35. The van der Waals surface area contributed by atoms with Crippen LogP contribution in [0.15, 0.2) is 18.2 Å². The van der Waals surface area contributed by atoms with Crippen LogP contribution in [0.4, 0.5) is 5.69 Å². The Hall–Kier alpha value is -1.91. The lowest BCUT2D eigenvalue weighted by molar-refractivity contribution is -0.120. The van der Waals surface area contributed by atoms with E-state index in [0.29, 0.717) is 18.0 Å². The molecule has 1 N–H and O–H groups in total. The Labute approximate surface area is 114 Å². The summed E-state index contributed by atoms with van der Waals surface area (Å²) in [5.74, 6) is 1.31. The van der Waals surface area contributed by atoms with Gasteiger partial charge in [0, 0.05) is 24.8 Å². The van der Waals surface area contributed by atoms with Gasteiger partial charge in [0.2, 0.25) is 5.91 Å². The molecule has 0 saturated heterocycles. The molecule has 0 fully saturated rings. The van der Waals surface area contributed by atoms with Gasteiger partial charge >= 0.3 is 0 Å². The minimum atomic E-state index is -0.00714. The molecule has 0 aromatic heterocycles. The molecule has 0 aliphatic heterocycles. The van der Waals surface area contributed by atoms with Crippen LogP contribution in [0.3, 0.4) is 0 Å². The second-order valence-corrected chi connectivity index (χ2v) is 4.62. The molecule has 1 amide bonds. The lowest BCUT2D eigenvalue weighted by Crippen LogP contribution is -2.38. The average molecular weight is 266 g/mol. The van der Waals surface area contributed by atoms with Crippen molar-refractivity contribution in [3.63, 3.8) is 0 Å². The van der Waals surface area contributed by atoms with Crippen LogP contribution in [0.25, 0.3) is 0 Å². The summed E-state index contributed by atoms with van der Waals surface area (Å²) in [7, 11) is 5.05. The Morgan fingerprint density at radius 1 is 1.26 bits per heavy atom. The van der Waals surface area contributed by atoms with Crippen molar-refractivity contribution in [3.05, 3.63) is 18.2 Å². The Morgan fingerprint density at radius 2 is 1.89 bits per heavy atom. The Balaban J connectivity index is 2.77. The molecule has 0 spiro atoms. The van der Waals surface area contributed by atoms with E-state index in [1.54, 1.807) is 14.2 Å².